The molecule has 4 heteroatoms. The maximum absolute atomic E-state index is 9.87. The predicted molar refractivity (Wildman–Crippen MR) is 64.0 cm³/mol. The van der Waals surface area contributed by atoms with Crippen LogP contribution in [0.5, 0.6) is 5.75 Å². The zero-order chi connectivity index (χ0) is 11.5. The minimum Gasteiger partial charge on any atom is -0.488 e. The van der Waals surface area contributed by atoms with Crippen molar-refractivity contribution in [2.24, 2.45) is 0 Å². The largest absolute Gasteiger partial charge is 0.488 e. The van der Waals surface area contributed by atoms with Crippen LogP contribution in [-0.2, 0) is 0 Å². The van der Waals surface area contributed by atoms with E-state index in [0.29, 0.717) is 11.6 Å². The van der Waals surface area contributed by atoms with Gasteiger partial charge in [-0.1, -0.05) is 17.7 Å². The molecule has 0 saturated carbocycles. The minimum absolute atomic E-state index is 0.130. The smallest absolute Gasteiger partial charge is 0.127 e. The zero-order valence-corrected chi connectivity index (χ0v) is 10.0. The topological polar surface area (TPSA) is 32.7 Å². The van der Waals surface area contributed by atoms with Gasteiger partial charge in [-0.3, -0.25) is 0 Å². The van der Waals surface area contributed by atoms with Crippen molar-refractivity contribution in [1.29, 1.82) is 0 Å². The highest BCUT2D eigenvalue weighted by atomic mass is 35.5. The lowest BCUT2D eigenvalue weighted by molar-refractivity contribution is -0.0181. The molecule has 2 atom stereocenters. The Morgan fingerprint density at radius 2 is 2.31 bits per heavy atom. The summed E-state index contributed by atoms with van der Waals surface area (Å²) >= 11 is 5.87. The molecule has 1 fully saturated rings. The fraction of sp³-hybridized carbons (Fsp3) is 0.500. The first kappa shape index (κ1) is 11.7. The number of hydrogen-bond donors (Lipinski definition) is 1. The molecule has 0 bridgehead atoms. The van der Waals surface area contributed by atoms with Gasteiger partial charge >= 0.3 is 0 Å². The number of rotatable bonds is 2. The lowest BCUT2D eigenvalue weighted by atomic mass is 10.1. The van der Waals surface area contributed by atoms with Gasteiger partial charge in [0, 0.05) is 18.1 Å². The van der Waals surface area contributed by atoms with Crippen LogP contribution in [0, 0.1) is 0 Å². The van der Waals surface area contributed by atoms with Gasteiger partial charge in [0.15, 0.2) is 0 Å². The van der Waals surface area contributed by atoms with Gasteiger partial charge in [-0.25, -0.2) is 0 Å². The lowest BCUT2D eigenvalue weighted by Crippen LogP contribution is -2.47. The Labute approximate surface area is 101 Å². The van der Waals surface area contributed by atoms with E-state index in [1.165, 1.54) is 0 Å². The molecule has 0 spiro atoms. The summed E-state index contributed by atoms with van der Waals surface area (Å²) in [5.41, 5.74) is 0. The second-order valence-electron chi connectivity index (χ2n) is 4.23. The first-order chi connectivity index (χ1) is 7.65. The normalized spacial score (nSPS) is 26.7. The van der Waals surface area contributed by atoms with Crippen LogP contribution in [0.25, 0.3) is 0 Å². The number of hydrogen-bond acceptors (Lipinski definition) is 3. The Morgan fingerprint density at radius 1 is 1.50 bits per heavy atom. The molecule has 1 N–H and O–H groups in total. The Bertz CT molecular complexity index is 359. The number of ether oxygens (including phenoxy) is 1. The molecule has 0 amide bonds. The van der Waals surface area contributed by atoms with E-state index >= 15 is 0 Å². The number of benzene rings is 1. The molecule has 1 aliphatic rings. The third-order valence-corrected chi connectivity index (χ3v) is 3.04. The maximum atomic E-state index is 9.87. The molecule has 16 heavy (non-hydrogen) atoms. The Morgan fingerprint density at radius 3 is 3.00 bits per heavy atom. The Hall–Kier alpha value is -0.770. The first-order valence-corrected chi connectivity index (χ1v) is 5.82. The summed E-state index contributed by atoms with van der Waals surface area (Å²) in [5.74, 6) is 0.723. The van der Waals surface area contributed by atoms with E-state index < -0.39 is 6.10 Å². The van der Waals surface area contributed by atoms with Gasteiger partial charge in [0.25, 0.3) is 0 Å². The summed E-state index contributed by atoms with van der Waals surface area (Å²) in [6.45, 7) is 1.60. The van der Waals surface area contributed by atoms with Crippen LogP contribution in [0.2, 0.25) is 5.02 Å². The quantitative estimate of drug-likeness (QED) is 0.857. The molecule has 1 aromatic rings. The summed E-state index contributed by atoms with van der Waals surface area (Å²) in [5, 5.41) is 10.5. The number of halogens is 1. The number of piperidine rings is 1. The van der Waals surface area contributed by atoms with Crippen molar-refractivity contribution in [2.45, 2.75) is 18.6 Å². The third-order valence-electron chi connectivity index (χ3n) is 2.81. The lowest BCUT2D eigenvalue weighted by Gasteiger charge is -2.33. The molecule has 1 heterocycles. The van der Waals surface area contributed by atoms with Crippen molar-refractivity contribution in [1.82, 2.24) is 4.90 Å². The number of likely N-dealkylation sites (tertiary alicyclic amines) is 1. The Kier molecular flexibility index (Phi) is 3.69. The average Bonchev–Trinajstić information content (AvgIpc) is 2.22. The average molecular weight is 242 g/mol. The molecule has 1 aliphatic heterocycles. The van der Waals surface area contributed by atoms with Crippen LogP contribution in [-0.4, -0.2) is 42.4 Å². The molecular formula is C12H16ClNO2. The Balaban J connectivity index is 1.99. The fourth-order valence-corrected chi connectivity index (χ4v) is 2.10. The number of β-amino-alcohol motifs (C(OH)–C–C–N with tert-alkyl or cyclic N) is 1. The molecule has 1 saturated heterocycles. The van der Waals surface area contributed by atoms with Crippen LogP contribution in [0.1, 0.15) is 6.42 Å². The van der Waals surface area contributed by atoms with E-state index in [-0.39, 0.29) is 6.10 Å². The van der Waals surface area contributed by atoms with Crippen molar-refractivity contribution in [3.05, 3.63) is 29.3 Å². The van der Waals surface area contributed by atoms with Crippen LogP contribution in [0.15, 0.2) is 24.3 Å². The van der Waals surface area contributed by atoms with E-state index in [0.717, 1.165) is 18.7 Å². The van der Waals surface area contributed by atoms with E-state index in [1.54, 1.807) is 12.1 Å². The molecule has 2 rings (SSSR count). The monoisotopic (exact) mass is 241 g/mol. The SMILES string of the molecule is CN1CC[C@H](Oc2cccc(Cl)c2)[C@@H](O)C1. The van der Waals surface area contributed by atoms with Gasteiger partial charge in [0.2, 0.25) is 0 Å². The number of likely N-dealkylation sites (N-methyl/N-ethyl adjacent to an activating group) is 1. The third kappa shape index (κ3) is 2.88. The van der Waals surface area contributed by atoms with E-state index in [9.17, 15) is 5.11 Å². The van der Waals surface area contributed by atoms with Crippen LogP contribution < -0.4 is 4.74 Å². The van der Waals surface area contributed by atoms with Gasteiger partial charge in [0.1, 0.15) is 18.0 Å². The molecule has 88 valence electrons. The zero-order valence-electron chi connectivity index (χ0n) is 9.27. The summed E-state index contributed by atoms with van der Waals surface area (Å²) < 4.78 is 5.74. The van der Waals surface area contributed by atoms with E-state index in [2.05, 4.69) is 4.90 Å². The van der Waals surface area contributed by atoms with Crippen molar-refractivity contribution in [2.75, 3.05) is 20.1 Å². The molecule has 0 aromatic heterocycles. The maximum Gasteiger partial charge on any atom is 0.127 e. The number of nitrogens with zero attached hydrogens (tertiary/aromatic N) is 1. The van der Waals surface area contributed by atoms with Crippen molar-refractivity contribution in [3.8, 4) is 5.75 Å². The summed E-state index contributed by atoms with van der Waals surface area (Å²) in [6, 6.07) is 7.28. The molecule has 0 unspecified atom stereocenters. The predicted octanol–water partition coefficient (Wildman–Crippen LogP) is 1.78. The molecular weight excluding hydrogens is 226 g/mol. The van der Waals surface area contributed by atoms with Crippen LogP contribution in [0.4, 0.5) is 0 Å². The number of aliphatic hydroxyl groups excluding tert-OH is 1. The van der Waals surface area contributed by atoms with Gasteiger partial charge < -0.3 is 14.7 Å². The highest BCUT2D eigenvalue weighted by Crippen LogP contribution is 2.21. The van der Waals surface area contributed by atoms with Gasteiger partial charge in [0.05, 0.1) is 0 Å². The summed E-state index contributed by atoms with van der Waals surface area (Å²) in [4.78, 5) is 2.10. The first-order valence-electron chi connectivity index (χ1n) is 5.44. The fourth-order valence-electron chi connectivity index (χ4n) is 1.92. The van der Waals surface area contributed by atoms with E-state index in [4.69, 9.17) is 16.3 Å². The highest BCUT2D eigenvalue weighted by Gasteiger charge is 2.27. The van der Waals surface area contributed by atoms with Crippen molar-refractivity contribution in [3.63, 3.8) is 0 Å². The minimum atomic E-state index is -0.433. The van der Waals surface area contributed by atoms with Crippen LogP contribution >= 0.6 is 11.6 Å². The van der Waals surface area contributed by atoms with Crippen molar-refractivity contribution < 1.29 is 9.84 Å². The van der Waals surface area contributed by atoms with Gasteiger partial charge in [-0.05, 0) is 31.7 Å². The van der Waals surface area contributed by atoms with Gasteiger partial charge in [-0.15, -0.1) is 0 Å². The standard InChI is InChI=1S/C12H16ClNO2/c1-14-6-5-12(11(15)8-14)16-10-4-2-3-9(13)7-10/h2-4,7,11-12,15H,5-6,8H2,1H3/t11-,12-/m0/s1. The van der Waals surface area contributed by atoms with Crippen molar-refractivity contribution >= 4 is 11.6 Å². The second kappa shape index (κ2) is 5.04. The summed E-state index contributed by atoms with van der Waals surface area (Å²) in [6.07, 6.45) is 0.275. The van der Waals surface area contributed by atoms with Gasteiger partial charge in [-0.2, -0.15) is 0 Å². The molecule has 0 aliphatic carbocycles. The highest BCUT2D eigenvalue weighted by molar-refractivity contribution is 6.30. The van der Waals surface area contributed by atoms with E-state index in [1.807, 2.05) is 19.2 Å². The molecule has 1 aromatic carbocycles. The van der Waals surface area contributed by atoms with Crippen LogP contribution in [0.3, 0.4) is 0 Å². The molecule has 0 radical (unpaired) electrons. The molecule has 3 nitrogen and oxygen atoms in total. The second-order valence-corrected chi connectivity index (χ2v) is 4.67. The summed E-state index contributed by atoms with van der Waals surface area (Å²) in [7, 11) is 2.00. The number of aliphatic hydroxyl groups is 1.